The molecule has 3 rings (SSSR count). The highest BCUT2D eigenvalue weighted by atomic mass is 35.5. The van der Waals surface area contributed by atoms with Crippen LogP contribution in [-0.4, -0.2) is 37.8 Å². The summed E-state index contributed by atoms with van der Waals surface area (Å²) in [7, 11) is 0. The fraction of sp³-hybridized carbons (Fsp3) is 0.611. The molecular formula is C18H27ClN2O3. The molecule has 0 spiro atoms. The number of hydrogen-bond acceptors (Lipinski definition) is 4. The van der Waals surface area contributed by atoms with Crippen LogP contribution >= 0.6 is 12.4 Å². The van der Waals surface area contributed by atoms with Crippen molar-refractivity contribution in [3.8, 4) is 5.75 Å². The van der Waals surface area contributed by atoms with E-state index in [1.165, 1.54) is 19.3 Å². The van der Waals surface area contributed by atoms with E-state index < -0.39 is 0 Å². The van der Waals surface area contributed by atoms with Gasteiger partial charge in [0.1, 0.15) is 11.8 Å². The van der Waals surface area contributed by atoms with Crippen LogP contribution in [0.5, 0.6) is 5.75 Å². The average Bonchev–Trinajstić information content (AvgIpc) is 2.62. The molecule has 2 fully saturated rings. The Balaban J connectivity index is 0.00000208. The SMILES string of the molecule is Cl.O=C(NCc1ccc(OC2CCCCC2)cc1)C1COCCN1. The molecule has 0 radical (unpaired) electrons. The number of nitrogens with one attached hydrogen (secondary N) is 2. The van der Waals surface area contributed by atoms with E-state index >= 15 is 0 Å². The van der Waals surface area contributed by atoms with E-state index in [0.29, 0.717) is 25.9 Å². The molecule has 2 N–H and O–H groups in total. The number of morpholine rings is 1. The fourth-order valence-electron chi connectivity index (χ4n) is 3.11. The van der Waals surface area contributed by atoms with E-state index in [1.807, 2.05) is 24.3 Å². The molecule has 1 aromatic rings. The zero-order valence-electron chi connectivity index (χ0n) is 14.0. The van der Waals surface area contributed by atoms with Gasteiger partial charge in [-0.25, -0.2) is 0 Å². The van der Waals surface area contributed by atoms with Crippen LogP contribution in [0.15, 0.2) is 24.3 Å². The Kier molecular flexibility index (Phi) is 7.82. The summed E-state index contributed by atoms with van der Waals surface area (Å²) < 4.78 is 11.3. The fourth-order valence-corrected chi connectivity index (χ4v) is 3.11. The first-order valence-electron chi connectivity index (χ1n) is 8.66. The van der Waals surface area contributed by atoms with E-state index in [9.17, 15) is 4.79 Å². The second-order valence-corrected chi connectivity index (χ2v) is 6.32. The van der Waals surface area contributed by atoms with Crippen molar-refractivity contribution in [2.45, 2.75) is 50.8 Å². The first-order chi connectivity index (χ1) is 11.3. The Labute approximate surface area is 149 Å². The number of carbonyl (C=O) groups is 1. The molecule has 1 saturated heterocycles. The summed E-state index contributed by atoms with van der Waals surface area (Å²) in [6.45, 7) is 2.37. The van der Waals surface area contributed by atoms with Gasteiger partial charge in [-0.1, -0.05) is 18.6 Å². The van der Waals surface area contributed by atoms with Gasteiger partial charge in [0.2, 0.25) is 5.91 Å². The van der Waals surface area contributed by atoms with Crippen LogP contribution in [0.2, 0.25) is 0 Å². The molecule has 1 heterocycles. The van der Waals surface area contributed by atoms with E-state index in [2.05, 4.69) is 10.6 Å². The monoisotopic (exact) mass is 354 g/mol. The Morgan fingerprint density at radius 3 is 2.62 bits per heavy atom. The molecule has 0 aromatic heterocycles. The van der Waals surface area contributed by atoms with Crippen molar-refractivity contribution in [3.63, 3.8) is 0 Å². The van der Waals surface area contributed by atoms with Crippen molar-refractivity contribution >= 4 is 18.3 Å². The number of amides is 1. The highest BCUT2D eigenvalue weighted by Gasteiger charge is 2.20. The van der Waals surface area contributed by atoms with Crippen molar-refractivity contribution in [2.24, 2.45) is 0 Å². The first kappa shape index (κ1) is 19.0. The van der Waals surface area contributed by atoms with Crippen LogP contribution in [0.3, 0.4) is 0 Å². The van der Waals surface area contributed by atoms with Gasteiger partial charge in [0.15, 0.2) is 0 Å². The van der Waals surface area contributed by atoms with Crippen molar-refractivity contribution in [1.29, 1.82) is 0 Å². The summed E-state index contributed by atoms with van der Waals surface area (Å²) in [5.74, 6) is 0.918. The van der Waals surface area contributed by atoms with Gasteiger partial charge in [-0.05, 0) is 43.4 Å². The molecular weight excluding hydrogens is 328 g/mol. The quantitative estimate of drug-likeness (QED) is 0.852. The molecule has 0 bridgehead atoms. The molecule has 6 heteroatoms. The minimum atomic E-state index is -0.238. The zero-order chi connectivity index (χ0) is 15.9. The van der Waals surface area contributed by atoms with Gasteiger partial charge in [0.25, 0.3) is 0 Å². The lowest BCUT2D eigenvalue weighted by Gasteiger charge is -2.23. The zero-order valence-corrected chi connectivity index (χ0v) is 14.8. The molecule has 1 unspecified atom stereocenters. The molecule has 134 valence electrons. The molecule has 1 aromatic carbocycles. The maximum Gasteiger partial charge on any atom is 0.239 e. The van der Waals surface area contributed by atoms with E-state index in [0.717, 1.165) is 30.7 Å². The third-order valence-corrected chi connectivity index (χ3v) is 4.48. The third-order valence-electron chi connectivity index (χ3n) is 4.48. The van der Waals surface area contributed by atoms with Crippen molar-refractivity contribution in [2.75, 3.05) is 19.8 Å². The summed E-state index contributed by atoms with van der Waals surface area (Å²) in [5.41, 5.74) is 1.08. The third kappa shape index (κ3) is 5.65. The average molecular weight is 355 g/mol. The maximum absolute atomic E-state index is 12.0. The number of halogens is 1. The maximum atomic E-state index is 12.0. The van der Waals surface area contributed by atoms with E-state index in [4.69, 9.17) is 9.47 Å². The molecule has 1 amide bonds. The van der Waals surface area contributed by atoms with Gasteiger partial charge in [0, 0.05) is 13.1 Å². The van der Waals surface area contributed by atoms with Crippen LogP contribution in [0.25, 0.3) is 0 Å². The van der Waals surface area contributed by atoms with Gasteiger partial charge in [-0.2, -0.15) is 0 Å². The van der Waals surface area contributed by atoms with E-state index in [1.54, 1.807) is 0 Å². The largest absolute Gasteiger partial charge is 0.490 e. The van der Waals surface area contributed by atoms with Crippen LogP contribution in [0.4, 0.5) is 0 Å². The van der Waals surface area contributed by atoms with Gasteiger partial charge in [-0.15, -0.1) is 12.4 Å². The predicted molar refractivity (Wildman–Crippen MR) is 95.6 cm³/mol. The Bertz CT molecular complexity index is 497. The second-order valence-electron chi connectivity index (χ2n) is 6.32. The van der Waals surface area contributed by atoms with Gasteiger partial charge in [-0.3, -0.25) is 4.79 Å². The van der Waals surface area contributed by atoms with Crippen LogP contribution < -0.4 is 15.4 Å². The number of carbonyl (C=O) groups excluding carboxylic acids is 1. The number of rotatable bonds is 5. The topological polar surface area (TPSA) is 59.6 Å². The first-order valence-corrected chi connectivity index (χ1v) is 8.66. The summed E-state index contributed by atoms with van der Waals surface area (Å²) in [4.78, 5) is 12.0. The van der Waals surface area contributed by atoms with Gasteiger partial charge >= 0.3 is 0 Å². The Morgan fingerprint density at radius 2 is 1.96 bits per heavy atom. The normalized spacial score (nSPS) is 21.6. The van der Waals surface area contributed by atoms with Crippen LogP contribution in [0.1, 0.15) is 37.7 Å². The van der Waals surface area contributed by atoms with Crippen LogP contribution in [-0.2, 0) is 16.1 Å². The van der Waals surface area contributed by atoms with Crippen molar-refractivity contribution in [3.05, 3.63) is 29.8 Å². The lowest BCUT2D eigenvalue weighted by molar-refractivity contribution is -0.126. The highest BCUT2D eigenvalue weighted by Crippen LogP contribution is 2.23. The second kappa shape index (κ2) is 9.87. The summed E-state index contributed by atoms with van der Waals surface area (Å²) in [5, 5.41) is 6.10. The molecule has 24 heavy (non-hydrogen) atoms. The van der Waals surface area contributed by atoms with Crippen LogP contribution in [0, 0.1) is 0 Å². The molecule has 1 atom stereocenters. The molecule has 1 aliphatic heterocycles. The molecule has 2 aliphatic rings. The Morgan fingerprint density at radius 1 is 1.21 bits per heavy atom. The smallest absolute Gasteiger partial charge is 0.239 e. The Hall–Kier alpha value is -1.30. The summed E-state index contributed by atoms with van der Waals surface area (Å²) >= 11 is 0. The molecule has 5 nitrogen and oxygen atoms in total. The molecule has 1 saturated carbocycles. The summed E-state index contributed by atoms with van der Waals surface area (Å²) in [6.07, 6.45) is 6.57. The van der Waals surface area contributed by atoms with Gasteiger partial charge in [0.05, 0.1) is 19.3 Å². The number of hydrogen-bond donors (Lipinski definition) is 2. The minimum Gasteiger partial charge on any atom is -0.490 e. The predicted octanol–water partition coefficient (Wildman–Crippen LogP) is 2.42. The van der Waals surface area contributed by atoms with E-state index in [-0.39, 0.29) is 24.4 Å². The number of ether oxygens (including phenoxy) is 2. The highest BCUT2D eigenvalue weighted by molar-refractivity contribution is 5.85. The summed E-state index contributed by atoms with van der Waals surface area (Å²) in [6, 6.07) is 7.79. The lowest BCUT2D eigenvalue weighted by Crippen LogP contribution is -2.51. The van der Waals surface area contributed by atoms with Crippen molar-refractivity contribution in [1.82, 2.24) is 10.6 Å². The number of benzene rings is 1. The van der Waals surface area contributed by atoms with Gasteiger partial charge < -0.3 is 20.1 Å². The standard InChI is InChI=1S/C18H26N2O3.ClH/c21-18(17-13-22-11-10-19-17)20-12-14-6-8-16(9-7-14)23-15-4-2-1-3-5-15;/h6-9,15,17,19H,1-5,10-13H2,(H,20,21);1H. The molecule has 1 aliphatic carbocycles. The minimum absolute atomic E-state index is 0. The lowest BCUT2D eigenvalue weighted by atomic mass is 9.98. The van der Waals surface area contributed by atoms with Crippen molar-refractivity contribution < 1.29 is 14.3 Å².